The van der Waals surface area contributed by atoms with Gasteiger partial charge in [-0.15, -0.1) is 0 Å². The Hall–Kier alpha value is -1.03. The third-order valence-electron chi connectivity index (χ3n) is 4.67. The first kappa shape index (κ1) is 13.0. The smallest absolute Gasteiger partial charge is 0.196 e. The second-order valence-electron chi connectivity index (χ2n) is 5.74. The van der Waals surface area contributed by atoms with E-state index in [1.54, 1.807) is 0 Å². The van der Waals surface area contributed by atoms with E-state index < -0.39 is 0 Å². The van der Waals surface area contributed by atoms with Gasteiger partial charge in [0.1, 0.15) is 0 Å². The quantitative estimate of drug-likeness (QED) is 0.859. The molecule has 1 fully saturated rings. The van der Waals surface area contributed by atoms with Crippen molar-refractivity contribution in [2.75, 3.05) is 11.4 Å². The van der Waals surface area contributed by atoms with Gasteiger partial charge >= 0.3 is 0 Å². The van der Waals surface area contributed by atoms with Crippen molar-refractivity contribution in [3.05, 3.63) is 28.7 Å². The van der Waals surface area contributed by atoms with Gasteiger partial charge in [-0.05, 0) is 37.0 Å². The van der Waals surface area contributed by atoms with Crippen LogP contribution < -0.4 is 10.6 Å². The van der Waals surface area contributed by atoms with Crippen molar-refractivity contribution < 1.29 is 0 Å². The first-order valence-electron chi connectivity index (χ1n) is 6.99. The van der Waals surface area contributed by atoms with Gasteiger partial charge in [0.2, 0.25) is 0 Å². The van der Waals surface area contributed by atoms with Crippen LogP contribution >= 0.6 is 15.9 Å². The molecule has 1 heterocycles. The summed E-state index contributed by atoms with van der Waals surface area (Å²) in [7, 11) is 0. The second-order valence-corrected chi connectivity index (χ2v) is 6.66. The maximum Gasteiger partial charge on any atom is 0.196 e. The molecule has 1 aliphatic carbocycles. The Morgan fingerprint density at radius 1 is 1.42 bits per heavy atom. The van der Waals surface area contributed by atoms with E-state index in [9.17, 15) is 0 Å². The average Bonchev–Trinajstić information content (AvgIpc) is 2.71. The van der Waals surface area contributed by atoms with E-state index >= 15 is 0 Å². The number of hydrogen-bond acceptors (Lipinski definition) is 3. The van der Waals surface area contributed by atoms with Crippen LogP contribution in [0.3, 0.4) is 0 Å². The van der Waals surface area contributed by atoms with Gasteiger partial charge in [0, 0.05) is 10.2 Å². The van der Waals surface area contributed by atoms with Crippen LogP contribution in [0, 0.1) is 5.92 Å². The van der Waals surface area contributed by atoms with E-state index in [1.165, 1.54) is 25.7 Å². The summed E-state index contributed by atoms with van der Waals surface area (Å²) < 4.78 is 1.09. The van der Waals surface area contributed by atoms with Crippen LogP contribution in [0.4, 0.5) is 5.69 Å². The second kappa shape index (κ2) is 4.82. The fraction of sp³-hybridized carbons (Fsp3) is 0.533. The maximum absolute atomic E-state index is 6.19. The predicted octanol–water partition coefficient (Wildman–Crippen LogP) is 3.53. The fourth-order valence-electron chi connectivity index (χ4n) is 3.56. The molecule has 1 aromatic rings. The largest absolute Gasteiger partial charge is 0.369 e. The van der Waals surface area contributed by atoms with Crippen molar-refractivity contribution in [3.63, 3.8) is 0 Å². The number of nitrogens with two attached hydrogens (primary N) is 1. The Balaban J connectivity index is 2.03. The molecule has 2 aliphatic rings. The van der Waals surface area contributed by atoms with E-state index in [2.05, 4.69) is 50.9 Å². The van der Waals surface area contributed by atoms with Gasteiger partial charge in [-0.2, -0.15) is 0 Å². The molecule has 4 heteroatoms. The van der Waals surface area contributed by atoms with Gasteiger partial charge in [0.15, 0.2) is 5.96 Å². The summed E-state index contributed by atoms with van der Waals surface area (Å²) >= 11 is 3.55. The Kier molecular flexibility index (Phi) is 3.29. The lowest BCUT2D eigenvalue weighted by atomic mass is 9.73. The minimum atomic E-state index is 0.100. The Morgan fingerprint density at radius 3 is 3.00 bits per heavy atom. The summed E-state index contributed by atoms with van der Waals surface area (Å²) in [6.07, 6.45) is 5.06. The topological polar surface area (TPSA) is 41.6 Å². The zero-order chi connectivity index (χ0) is 13.5. The summed E-state index contributed by atoms with van der Waals surface area (Å²) in [5.74, 6) is 1.30. The molecule has 1 aromatic carbocycles. The highest BCUT2D eigenvalue weighted by molar-refractivity contribution is 9.10. The molecular weight excluding hydrogens is 302 g/mol. The maximum atomic E-state index is 6.19. The van der Waals surface area contributed by atoms with Crippen molar-refractivity contribution in [2.45, 2.75) is 38.1 Å². The third-order valence-corrected chi connectivity index (χ3v) is 5.16. The van der Waals surface area contributed by atoms with Gasteiger partial charge in [0.25, 0.3) is 0 Å². The number of halogens is 1. The molecule has 0 aromatic heterocycles. The highest BCUT2D eigenvalue weighted by Crippen LogP contribution is 2.43. The number of nitrogens with zero attached hydrogens (tertiary/aromatic N) is 2. The van der Waals surface area contributed by atoms with Crippen LogP contribution in [0.15, 0.2) is 33.7 Å². The molecule has 19 heavy (non-hydrogen) atoms. The van der Waals surface area contributed by atoms with Crippen LogP contribution in [0.1, 0.15) is 32.6 Å². The third kappa shape index (κ3) is 2.06. The van der Waals surface area contributed by atoms with Crippen LogP contribution in [-0.4, -0.2) is 18.0 Å². The average molecular weight is 322 g/mol. The SMILES string of the molecule is CC1CCCCC12CN=C(N)N2c1cccc(Br)c1. The Labute approximate surface area is 123 Å². The van der Waals surface area contributed by atoms with Gasteiger partial charge in [0.05, 0.1) is 12.1 Å². The van der Waals surface area contributed by atoms with Crippen molar-refractivity contribution in [1.82, 2.24) is 0 Å². The molecule has 2 N–H and O–H groups in total. The van der Waals surface area contributed by atoms with Crippen molar-refractivity contribution >= 4 is 27.6 Å². The molecule has 1 spiro atoms. The van der Waals surface area contributed by atoms with Crippen LogP contribution in [0.5, 0.6) is 0 Å². The Bertz CT molecular complexity index is 514. The van der Waals surface area contributed by atoms with E-state index in [0.717, 1.165) is 16.7 Å². The first-order chi connectivity index (χ1) is 9.13. The molecule has 102 valence electrons. The highest BCUT2D eigenvalue weighted by atomic mass is 79.9. The minimum Gasteiger partial charge on any atom is -0.369 e. The van der Waals surface area contributed by atoms with Crippen molar-refractivity contribution in [1.29, 1.82) is 0 Å². The van der Waals surface area contributed by atoms with Crippen LogP contribution in [-0.2, 0) is 0 Å². The number of anilines is 1. The highest BCUT2D eigenvalue weighted by Gasteiger charge is 2.48. The zero-order valence-electron chi connectivity index (χ0n) is 11.3. The molecule has 2 unspecified atom stereocenters. The lowest BCUT2D eigenvalue weighted by Crippen LogP contribution is -2.57. The molecule has 3 rings (SSSR count). The van der Waals surface area contributed by atoms with E-state index in [1.807, 2.05) is 6.07 Å². The minimum absolute atomic E-state index is 0.100. The molecule has 0 saturated heterocycles. The zero-order valence-corrected chi connectivity index (χ0v) is 12.9. The summed E-state index contributed by atoms with van der Waals surface area (Å²) in [5, 5.41) is 0. The van der Waals surface area contributed by atoms with Crippen LogP contribution in [0.2, 0.25) is 0 Å². The molecule has 0 radical (unpaired) electrons. The molecule has 1 saturated carbocycles. The number of aliphatic imine (C=N–C) groups is 1. The molecule has 1 aliphatic heterocycles. The van der Waals surface area contributed by atoms with Gasteiger partial charge in [-0.1, -0.05) is 41.8 Å². The monoisotopic (exact) mass is 321 g/mol. The van der Waals surface area contributed by atoms with E-state index in [-0.39, 0.29) is 5.54 Å². The van der Waals surface area contributed by atoms with Gasteiger partial charge in [-0.25, -0.2) is 0 Å². The first-order valence-corrected chi connectivity index (χ1v) is 7.78. The number of benzene rings is 1. The summed E-state index contributed by atoms with van der Waals surface area (Å²) in [4.78, 5) is 6.84. The normalized spacial score (nSPS) is 30.7. The predicted molar refractivity (Wildman–Crippen MR) is 83.5 cm³/mol. The van der Waals surface area contributed by atoms with E-state index in [4.69, 9.17) is 5.73 Å². The molecular formula is C15H20BrN3. The molecule has 2 atom stereocenters. The summed E-state index contributed by atoms with van der Waals surface area (Å²) in [6.45, 7) is 3.19. The number of hydrogen-bond donors (Lipinski definition) is 1. The van der Waals surface area contributed by atoms with Gasteiger partial charge in [-0.3, -0.25) is 4.99 Å². The summed E-state index contributed by atoms with van der Waals surface area (Å²) in [6, 6.07) is 8.37. The van der Waals surface area contributed by atoms with Gasteiger partial charge < -0.3 is 10.6 Å². The Morgan fingerprint density at radius 2 is 2.26 bits per heavy atom. The number of rotatable bonds is 1. The summed E-state index contributed by atoms with van der Waals surface area (Å²) in [5.41, 5.74) is 7.44. The van der Waals surface area contributed by atoms with Crippen molar-refractivity contribution in [3.8, 4) is 0 Å². The molecule has 3 nitrogen and oxygen atoms in total. The fourth-order valence-corrected chi connectivity index (χ4v) is 3.94. The van der Waals surface area contributed by atoms with Crippen molar-refractivity contribution in [2.24, 2.45) is 16.6 Å². The molecule has 0 amide bonds. The lowest BCUT2D eigenvalue weighted by Gasteiger charge is -2.46. The van der Waals surface area contributed by atoms with Crippen LogP contribution in [0.25, 0.3) is 0 Å². The standard InChI is InChI=1S/C15H20BrN3/c1-11-5-2-3-8-15(11)10-18-14(17)19(15)13-7-4-6-12(16)9-13/h4,6-7,9,11H,2-3,5,8,10H2,1H3,(H2,17,18). The molecule has 0 bridgehead atoms. The van der Waals surface area contributed by atoms with E-state index in [0.29, 0.717) is 11.9 Å². The lowest BCUT2D eigenvalue weighted by molar-refractivity contribution is 0.224. The number of guanidine groups is 1.